The van der Waals surface area contributed by atoms with E-state index in [9.17, 15) is 9.59 Å². The monoisotopic (exact) mass is 292 g/mol. The number of hydrogen-bond acceptors (Lipinski definition) is 4. The molecule has 2 N–H and O–H groups in total. The smallest absolute Gasteiger partial charge is 0.323 e. The lowest BCUT2D eigenvalue weighted by molar-refractivity contribution is -0.147. The number of nitrogens with one attached hydrogen (secondary N) is 2. The van der Waals surface area contributed by atoms with Crippen molar-refractivity contribution in [1.29, 1.82) is 0 Å². The number of carbonyl (C=O) groups excluding carboxylic acids is 2. The minimum absolute atomic E-state index is 0.0255. The largest absolute Gasteiger partial charge is 0.460 e. The van der Waals surface area contributed by atoms with Gasteiger partial charge in [0, 0.05) is 13.5 Å². The molecular weight excluding hydrogens is 268 g/mol. The van der Waals surface area contributed by atoms with Gasteiger partial charge in [-0.25, -0.2) is 0 Å². The Balaban J connectivity index is 2.24. The molecule has 0 saturated heterocycles. The number of unbranched alkanes of at least 4 members (excludes halogenated alkanes) is 1. The van der Waals surface area contributed by atoms with Gasteiger partial charge in [0.2, 0.25) is 5.91 Å². The molecule has 0 fully saturated rings. The number of ether oxygens (including phenoxy) is 1. The van der Waals surface area contributed by atoms with Gasteiger partial charge >= 0.3 is 5.97 Å². The Kier molecular flexibility index (Phi) is 8.12. The van der Waals surface area contributed by atoms with Crippen molar-refractivity contribution in [1.82, 2.24) is 10.6 Å². The summed E-state index contributed by atoms with van der Waals surface area (Å²) in [6, 6.07) is 9.31. The fraction of sp³-hybridized carbons (Fsp3) is 0.500. The van der Waals surface area contributed by atoms with Crippen LogP contribution < -0.4 is 10.6 Å². The van der Waals surface area contributed by atoms with Gasteiger partial charge in [0.15, 0.2) is 0 Å². The average Bonchev–Trinajstić information content (AvgIpc) is 2.49. The fourth-order valence-electron chi connectivity index (χ4n) is 1.95. The number of hydrogen-bond donors (Lipinski definition) is 2. The Hall–Kier alpha value is -1.88. The molecule has 1 unspecified atom stereocenters. The first-order valence-electron chi connectivity index (χ1n) is 7.25. The van der Waals surface area contributed by atoms with Gasteiger partial charge in [-0.3, -0.25) is 9.59 Å². The van der Waals surface area contributed by atoms with E-state index in [1.165, 1.54) is 6.92 Å². The molecule has 21 heavy (non-hydrogen) atoms. The van der Waals surface area contributed by atoms with Crippen molar-refractivity contribution in [2.45, 2.75) is 38.8 Å². The SMILES string of the molecule is CNC(CCCCNC(C)=O)C(=O)OCc1ccccc1. The second-order valence-electron chi connectivity index (χ2n) is 4.91. The molecular formula is C16H24N2O3. The topological polar surface area (TPSA) is 67.4 Å². The highest BCUT2D eigenvalue weighted by atomic mass is 16.5. The molecule has 0 radical (unpaired) electrons. The van der Waals surface area contributed by atoms with Crippen LogP contribution in [0.3, 0.4) is 0 Å². The molecule has 0 aliphatic carbocycles. The fourth-order valence-corrected chi connectivity index (χ4v) is 1.95. The highest BCUT2D eigenvalue weighted by Crippen LogP contribution is 2.06. The van der Waals surface area contributed by atoms with Gasteiger partial charge in [-0.05, 0) is 31.9 Å². The van der Waals surface area contributed by atoms with E-state index in [0.29, 0.717) is 19.6 Å². The first-order valence-corrected chi connectivity index (χ1v) is 7.25. The highest BCUT2D eigenvalue weighted by molar-refractivity contribution is 5.75. The molecule has 5 nitrogen and oxygen atoms in total. The first kappa shape index (κ1) is 17.2. The molecule has 1 atom stereocenters. The van der Waals surface area contributed by atoms with E-state index >= 15 is 0 Å². The zero-order valence-corrected chi connectivity index (χ0v) is 12.7. The zero-order valence-electron chi connectivity index (χ0n) is 12.7. The van der Waals surface area contributed by atoms with E-state index in [-0.39, 0.29) is 17.9 Å². The van der Waals surface area contributed by atoms with Crippen molar-refractivity contribution in [3.8, 4) is 0 Å². The minimum atomic E-state index is -0.300. The lowest BCUT2D eigenvalue weighted by Gasteiger charge is -2.15. The van der Waals surface area contributed by atoms with Crippen LogP contribution in [-0.4, -0.2) is 31.5 Å². The molecule has 0 spiro atoms. The molecule has 5 heteroatoms. The van der Waals surface area contributed by atoms with E-state index in [1.807, 2.05) is 30.3 Å². The maximum Gasteiger partial charge on any atom is 0.323 e. The van der Waals surface area contributed by atoms with Crippen LogP contribution in [0.1, 0.15) is 31.7 Å². The van der Waals surface area contributed by atoms with Crippen LogP contribution in [0.15, 0.2) is 30.3 Å². The molecule has 0 heterocycles. The number of rotatable bonds is 9. The summed E-state index contributed by atoms with van der Waals surface area (Å²) in [5.41, 5.74) is 0.978. The molecule has 1 aromatic rings. The van der Waals surface area contributed by atoms with Gasteiger partial charge in [0.05, 0.1) is 0 Å². The third-order valence-electron chi connectivity index (χ3n) is 3.15. The van der Waals surface area contributed by atoms with Crippen LogP contribution in [0.4, 0.5) is 0 Å². The Morgan fingerprint density at radius 3 is 2.52 bits per heavy atom. The van der Waals surface area contributed by atoms with Gasteiger partial charge < -0.3 is 15.4 Å². The van der Waals surface area contributed by atoms with Gasteiger partial charge in [-0.2, -0.15) is 0 Å². The summed E-state index contributed by atoms with van der Waals surface area (Å²) in [6.45, 7) is 2.44. The van der Waals surface area contributed by atoms with Crippen molar-refractivity contribution < 1.29 is 14.3 Å². The average molecular weight is 292 g/mol. The van der Waals surface area contributed by atoms with Crippen LogP contribution in [0.5, 0.6) is 0 Å². The molecule has 0 saturated carbocycles. The molecule has 0 aromatic heterocycles. The van der Waals surface area contributed by atoms with Crippen LogP contribution in [0.2, 0.25) is 0 Å². The van der Waals surface area contributed by atoms with Crippen LogP contribution in [0.25, 0.3) is 0 Å². The van der Waals surface area contributed by atoms with Gasteiger partial charge in [0.1, 0.15) is 12.6 Å². The standard InChI is InChI=1S/C16H24N2O3/c1-13(19)18-11-7-6-10-15(17-2)16(20)21-12-14-8-4-3-5-9-14/h3-5,8-9,15,17H,6-7,10-12H2,1-2H3,(H,18,19). The molecule has 0 aliphatic rings. The zero-order chi connectivity index (χ0) is 15.5. The van der Waals surface area contributed by atoms with Crippen molar-refractivity contribution in [2.75, 3.05) is 13.6 Å². The molecule has 0 bridgehead atoms. The maximum atomic E-state index is 12.0. The summed E-state index contributed by atoms with van der Waals surface area (Å²) in [4.78, 5) is 22.7. The Bertz CT molecular complexity index is 434. The molecule has 0 aliphatic heterocycles. The summed E-state index contributed by atoms with van der Waals surface area (Å²) in [5.74, 6) is -0.261. The molecule has 116 valence electrons. The van der Waals surface area contributed by atoms with Crippen LogP contribution >= 0.6 is 0 Å². The summed E-state index contributed by atoms with van der Waals surface area (Å²) in [5, 5.41) is 5.71. The third-order valence-corrected chi connectivity index (χ3v) is 3.15. The van der Waals surface area contributed by atoms with E-state index in [1.54, 1.807) is 7.05 Å². The number of benzene rings is 1. The number of carbonyl (C=O) groups is 2. The number of amides is 1. The van der Waals surface area contributed by atoms with E-state index in [0.717, 1.165) is 18.4 Å². The second kappa shape index (κ2) is 9.94. The summed E-state index contributed by atoms with van der Waals surface area (Å²) in [6.07, 6.45) is 2.40. The van der Waals surface area contributed by atoms with Gasteiger partial charge in [-0.1, -0.05) is 30.3 Å². The van der Waals surface area contributed by atoms with Gasteiger partial charge in [-0.15, -0.1) is 0 Å². The van der Waals surface area contributed by atoms with Crippen LogP contribution in [-0.2, 0) is 20.9 Å². The van der Waals surface area contributed by atoms with E-state index in [4.69, 9.17) is 4.74 Å². The predicted molar refractivity (Wildman–Crippen MR) is 81.6 cm³/mol. The van der Waals surface area contributed by atoms with Crippen molar-refractivity contribution >= 4 is 11.9 Å². The van der Waals surface area contributed by atoms with Gasteiger partial charge in [0.25, 0.3) is 0 Å². The lowest BCUT2D eigenvalue weighted by atomic mass is 10.1. The summed E-state index contributed by atoms with van der Waals surface area (Å²) in [7, 11) is 1.75. The highest BCUT2D eigenvalue weighted by Gasteiger charge is 2.17. The second-order valence-corrected chi connectivity index (χ2v) is 4.91. The molecule has 1 rings (SSSR count). The molecule has 1 amide bonds. The Labute approximate surface area is 126 Å². The minimum Gasteiger partial charge on any atom is -0.460 e. The summed E-state index contributed by atoms with van der Waals surface area (Å²) >= 11 is 0. The first-order chi connectivity index (χ1) is 10.1. The molecule has 1 aromatic carbocycles. The number of likely N-dealkylation sites (N-methyl/N-ethyl adjacent to an activating group) is 1. The van der Waals surface area contributed by atoms with Crippen molar-refractivity contribution in [3.05, 3.63) is 35.9 Å². The van der Waals surface area contributed by atoms with E-state index < -0.39 is 0 Å². The summed E-state index contributed by atoms with van der Waals surface area (Å²) < 4.78 is 5.31. The predicted octanol–water partition coefficient (Wildman–Crippen LogP) is 1.62. The quantitative estimate of drug-likeness (QED) is 0.536. The van der Waals surface area contributed by atoms with Crippen LogP contribution in [0, 0.1) is 0 Å². The Morgan fingerprint density at radius 1 is 1.19 bits per heavy atom. The van der Waals surface area contributed by atoms with Crippen molar-refractivity contribution in [2.24, 2.45) is 0 Å². The van der Waals surface area contributed by atoms with Crippen molar-refractivity contribution in [3.63, 3.8) is 0 Å². The normalized spacial score (nSPS) is 11.7. The maximum absolute atomic E-state index is 12.0. The lowest BCUT2D eigenvalue weighted by Crippen LogP contribution is -2.35. The number of esters is 1. The van der Waals surface area contributed by atoms with E-state index in [2.05, 4.69) is 10.6 Å². The Morgan fingerprint density at radius 2 is 1.90 bits per heavy atom. The third kappa shape index (κ3) is 7.46.